The normalized spacial score (nSPS) is 20.6. The van der Waals surface area contributed by atoms with Crippen LogP contribution >= 0.6 is 0 Å². The summed E-state index contributed by atoms with van der Waals surface area (Å²) in [4.78, 5) is 20.8. The van der Waals surface area contributed by atoms with Crippen LogP contribution in [-0.4, -0.2) is 80.4 Å². The molecule has 0 heterocycles. The maximum Gasteiger partial charge on any atom is 0.422 e. The lowest BCUT2D eigenvalue weighted by Gasteiger charge is -2.21. The fourth-order valence-electron chi connectivity index (χ4n) is 3.70. The molecule has 0 aliphatic heterocycles. The Hall–Kier alpha value is -2.18. The molecule has 0 saturated heterocycles. The Balaban J connectivity index is 0.000000570. The van der Waals surface area contributed by atoms with Crippen molar-refractivity contribution in [3.63, 3.8) is 0 Å². The van der Waals surface area contributed by atoms with E-state index in [2.05, 4.69) is 27.4 Å². The molecule has 18 heteroatoms. The number of ether oxygens (including phenoxy) is 2. The van der Waals surface area contributed by atoms with Gasteiger partial charge in [0.2, 0.25) is 20.0 Å². The molecular weight excluding hydrogens is 586 g/mol. The predicted octanol–water partition coefficient (Wildman–Crippen LogP) is 2.45. The van der Waals surface area contributed by atoms with E-state index >= 15 is 0 Å². The van der Waals surface area contributed by atoms with Crippen LogP contribution in [0.3, 0.4) is 0 Å². The lowest BCUT2D eigenvalue weighted by Crippen LogP contribution is -2.30. The number of halogens is 6. The van der Waals surface area contributed by atoms with Gasteiger partial charge in [-0.1, -0.05) is 19.6 Å². The quantitative estimate of drug-likeness (QED) is 0.174. The predicted molar refractivity (Wildman–Crippen MR) is 128 cm³/mol. The van der Waals surface area contributed by atoms with Crippen LogP contribution in [0.4, 0.5) is 26.3 Å². The number of fused-ring (bicyclic) bond motifs is 2. The third kappa shape index (κ3) is 15.9. The second-order valence-electron chi connectivity index (χ2n) is 8.80. The van der Waals surface area contributed by atoms with E-state index < -0.39 is 62.1 Å². The van der Waals surface area contributed by atoms with E-state index in [-0.39, 0.29) is 6.54 Å². The molecule has 0 aromatic rings. The highest BCUT2D eigenvalue weighted by molar-refractivity contribution is 7.89. The highest BCUT2D eigenvalue weighted by Gasteiger charge is 2.40. The molecule has 228 valence electrons. The number of rotatable bonds is 9. The van der Waals surface area contributed by atoms with Crippen LogP contribution in [0, 0.1) is 17.8 Å². The van der Waals surface area contributed by atoms with Gasteiger partial charge in [-0.25, -0.2) is 35.9 Å². The number of esters is 2. The maximum absolute atomic E-state index is 11.9. The van der Waals surface area contributed by atoms with Gasteiger partial charge < -0.3 is 9.47 Å². The highest BCUT2D eigenvalue weighted by atomic mass is 32.2. The maximum atomic E-state index is 11.9. The zero-order chi connectivity index (χ0) is 30.8. The van der Waals surface area contributed by atoms with Crippen LogP contribution in [0.5, 0.6) is 0 Å². The summed E-state index contributed by atoms with van der Waals surface area (Å²) in [5.74, 6) is -0.751. The average Bonchev–Trinajstić information content (AvgIpc) is 3.41. The van der Waals surface area contributed by atoms with Gasteiger partial charge in [-0.15, -0.1) is 0 Å². The van der Waals surface area contributed by atoms with Crippen LogP contribution < -0.4 is 9.44 Å². The molecular formula is C21H32F6N2O8S2. The third-order valence-electron chi connectivity index (χ3n) is 5.55. The van der Waals surface area contributed by atoms with Crippen molar-refractivity contribution in [2.24, 2.45) is 17.8 Å². The van der Waals surface area contributed by atoms with Gasteiger partial charge in [0.05, 0.1) is 19.6 Å². The van der Waals surface area contributed by atoms with Crippen LogP contribution in [0.15, 0.2) is 24.3 Å². The van der Waals surface area contributed by atoms with Gasteiger partial charge in [0.25, 0.3) is 0 Å². The smallest absolute Gasteiger partial charge is 0.422 e. The number of methoxy groups -OCH3 is 1. The number of carbonyl (C=O) groups excluding carboxylic acids is 2. The first-order valence-electron chi connectivity index (χ1n) is 11.1. The molecule has 2 aliphatic rings. The minimum absolute atomic E-state index is 0.296. The number of alkyl halides is 6. The van der Waals surface area contributed by atoms with Crippen molar-refractivity contribution < 1.29 is 62.2 Å². The van der Waals surface area contributed by atoms with Crippen molar-refractivity contribution in [3.8, 4) is 0 Å². The fraction of sp³-hybridized carbons (Fsp3) is 0.714. The van der Waals surface area contributed by atoms with Gasteiger partial charge in [-0.2, -0.15) is 26.3 Å². The average molecular weight is 619 g/mol. The highest BCUT2D eigenvalue weighted by Crippen LogP contribution is 2.47. The molecule has 2 fully saturated rings. The number of sulfonamides is 2. The van der Waals surface area contributed by atoms with Gasteiger partial charge in [0.15, 0.2) is 0 Å². The van der Waals surface area contributed by atoms with E-state index in [1.807, 2.05) is 4.72 Å². The molecule has 39 heavy (non-hydrogen) atoms. The molecule has 0 spiro atoms. The monoisotopic (exact) mass is 618 g/mol. The molecule has 0 aromatic heterocycles. The van der Waals surface area contributed by atoms with Crippen molar-refractivity contribution in [2.75, 3.05) is 39.3 Å². The third-order valence-corrected chi connectivity index (χ3v) is 6.97. The van der Waals surface area contributed by atoms with Crippen LogP contribution in [0.1, 0.15) is 25.7 Å². The first kappa shape index (κ1) is 36.8. The Morgan fingerprint density at radius 2 is 1.33 bits per heavy atom. The summed E-state index contributed by atoms with van der Waals surface area (Å²) in [7, 11) is -5.57. The Bertz CT molecular complexity index is 1090. The van der Waals surface area contributed by atoms with Crippen LogP contribution in [-0.2, 0) is 39.1 Å². The van der Waals surface area contributed by atoms with Crippen molar-refractivity contribution in [3.05, 3.63) is 24.3 Å². The number of hydrogen-bond acceptors (Lipinski definition) is 8. The molecule has 0 amide bonds. The van der Waals surface area contributed by atoms with E-state index in [1.165, 1.54) is 31.9 Å². The Morgan fingerprint density at radius 1 is 0.846 bits per heavy atom. The summed E-state index contributed by atoms with van der Waals surface area (Å²) in [6.45, 7) is 4.88. The van der Waals surface area contributed by atoms with Crippen molar-refractivity contribution in [2.45, 2.75) is 38.0 Å². The van der Waals surface area contributed by atoms with Gasteiger partial charge in [-0.05, 0) is 37.0 Å². The lowest BCUT2D eigenvalue weighted by atomic mass is 9.89. The summed E-state index contributed by atoms with van der Waals surface area (Å²) < 4.78 is 125. The number of carbonyl (C=O) groups is 2. The Labute approximate surface area is 223 Å². The van der Waals surface area contributed by atoms with E-state index in [4.69, 9.17) is 0 Å². The van der Waals surface area contributed by atoms with Gasteiger partial charge in [-0.3, -0.25) is 0 Å². The topological polar surface area (TPSA) is 145 Å². The van der Waals surface area contributed by atoms with Crippen LogP contribution in [0.25, 0.3) is 0 Å². The zero-order valence-electron chi connectivity index (χ0n) is 21.4. The molecule has 2 aliphatic carbocycles. The second-order valence-corrected chi connectivity index (χ2v) is 12.5. The summed E-state index contributed by atoms with van der Waals surface area (Å²) in [5, 5.41) is 0. The minimum atomic E-state index is -4.85. The summed E-state index contributed by atoms with van der Waals surface area (Å²) in [5.41, 5.74) is -3.12. The molecule has 10 nitrogen and oxygen atoms in total. The van der Waals surface area contributed by atoms with Gasteiger partial charge >= 0.3 is 24.3 Å². The van der Waals surface area contributed by atoms with E-state index in [0.717, 1.165) is 25.2 Å². The Kier molecular flexibility index (Phi) is 14.2. The molecule has 2 rings (SSSR count). The molecule has 0 aromatic carbocycles. The summed E-state index contributed by atoms with van der Waals surface area (Å²) >= 11 is 0. The first-order chi connectivity index (χ1) is 17.5. The molecule has 0 radical (unpaired) electrons. The number of nitrogens with one attached hydrogen (secondary N) is 2. The van der Waals surface area contributed by atoms with Crippen molar-refractivity contribution >= 4 is 32.0 Å². The molecule has 2 saturated carbocycles. The minimum Gasteiger partial charge on any atom is -0.465 e. The standard InChI is InChI=1S/C9H17NO2S.C7H10F3NO4S.C5H5F3O2/c1-13(11,12)10-6-9-5-7-2-3-8(9)4-7;1-5(7(8,9)10)6(12)15-4-3-11-16(2,13)14;1-3(4(9)10-2)5(6,7)8/h7-10H,2-6H2,1H3;11H,1,3-4H2,2H3;1H2,2H3. The molecule has 3 unspecified atom stereocenters. The first-order valence-corrected chi connectivity index (χ1v) is 14.9. The molecule has 2 N–H and O–H groups in total. The summed E-state index contributed by atoms with van der Waals surface area (Å²) in [6, 6.07) is 0. The van der Waals surface area contributed by atoms with Crippen LogP contribution in [0.2, 0.25) is 0 Å². The number of hydrogen-bond donors (Lipinski definition) is 2. The lowest BCUT2D eigenvalue weighted by molar-refractivity contribution is -0.151. The molecule has 2 bridgehead atoms. The van der Waals surface area contributed by atoms with Crippen molar-refractivity contribution in [1.82, 2.24) is 9.44 Å². The van der Waals surface area contributed by atoms with Gasteiger partial charge in [0.1, 0.15) is 17.8 Å². The fourth-order valence-corrected chi connectivity index (χ4v) is 4.67. The molecule has 3 atom stereocenters. The largest absolute Gasteiger partial charge is 0.465 e. The van der Waals surface area contributed by atoms with E-state index in [0.29, 0.717) is 12.5 Å². The zero-order valence-corrected chi connectivity index (χ0v) is 23.1. The van der Waals surface area contributed by atoms with E-state index in [9.17, 15) is 52.8 Å². The summed E-state index contributed by atoms with van der Waals surface area (Å²) in [6.07, 6.45) is -2.15. The SMILES string of the molecule is C=C(C(=O)OC)C(F)(F)F.C=C(C(=O)OCCNS(C)(=O)=O)C(F)(F)F.CS(=O)(=O)NCC1CC2CCC1C2. The van der Waals surface area contributed by atoms with Gasteiger partial charge in [0, 0.05) is 13.1 Å². The second kappa shape index (κ2) is 15.0. The Morgan fingerprint density at radius 3 is 1.67 bits per heavy atom. The van der Waals surface area contributed by atoms with Crippen molar-refractivity contribution in [1.29, 1.82) is 0 Å². The van der Waals surface area contributed by atoms with E-state index in [1.54, 1.807) is 0 Å².